The van der Waals surface area contributed by atoms with Gasteiger partial charge in [-0.25, -0.2) is 4.79 Å². The molecule has 1 aromatic heterocycles. The van der Waals surface area contributed by atoms with Crippen molar-refractivity contribution in [3.63, 3.8) is 0 Å². The van der Waals surface area contributed by atoms with Crippen LogP contribution in [-0.4, -0.2) is 62.1 Å². The van der Waals surface area contributed by atoms with Crippen LogP contribution in [0, 0.1) is 0 Å². The number of rotatable bonds is 7. The first-order chi connectivity index (χ1) is 11.1. The van der Waals surface area contributed by atoms with Gasteiger partial charge in [0.2, 0.25) is 0 Å². The van der Waals surface area contributed by atoms with E-state index < -0.39 is 0 Å². The number of carbonyl (C=O) groups is 1. The van der Waals surface area contributed by atoms with Gasteiger partial charge in [-0.3, -0.25) is 9.80 Å². The Bertz CT molecular complexity index is 479. The van der Waals surface area contributed by atoms with Crippen molar-refractivity contribution < 1.29 is 9.21 Å². The fourth-order valence-electron chi connectivity index (χ4n) is 2.89. The number of hydrogen-bond donors (Lipinski definition) is 2. The molecule has 0 radical (unpaired) electrons. The maximum atomic E-state index is 12.1. The summed E-state index contributed by atoms with van der Waals surface area (Å²) >= 11 is 0. The number of amides is 2. The van der Waals surface area contributed by atoms with Crippen molar-refractivity contribution in [3.05, 3.63) is 36.8 Å². The van der Waals surface area contributed by atoms with E-state index in [1.807, 2.05) is 37.2 Å². The van der Waals surface area contributed by atoms with Crippen LogP contribution in [0.1, 0.15) is 24.6 Å². The Balaban J connectivity index is 1.73. The topological polar surface area (TPSA) is 60.8 Å². The largest absolute Gasteiger partial charge is 0.468 e. The number of furan rings is 1. The molecule has 2 N–H and O–H groups in total. The van der Waals surface area contributed by atoms with E-state index >= 15 is 0 Å². The molecule has 0 aliphatic carbocycles. The molecule has 1 unspecified atom stereocenters. The molecule has 6 nitrogen and oxygen atoms in total. The molecule has 2 rings (SSSR count). The highest BCUT2D eigenvalue weighted by molar-refractivity contribution is 5.74. The van der Waals surface area contributed by atoms with Crippen molar-refractivity contribution in [1.82, 2.24) is 20.4 Å². The first kappa shape index (κ1) is 17.6. The summed E-state index contributed by atoms with van der Waals surface area (Å²) < 4.78 is 5.45. The highest BCUT2D eigenvalue weighted by Gasteiger charge is 2.21. The van der Waals surface area contributed by atoms with Crippen molar-refractivity contribution in [2.45, 2.75) is 24.9 Å². The SMILES string of the molecule is C=CCN1CCC(NC(=O)NCC(c2ccco2)N(C)C)CC1. The van der Waals surface area contributed by atoms with Crippen LogP contribution in [0.2, 0.25) is 0 Å². The Morgan fingerprint density at radius 3 is 2.83 bits per heavy atom. The van der Waals surface area contributed by atoms with Gasteiger partial charge in [-0.05, 0) is 39.1 Å². The van der Waals surface area contributed by atoms with Crippen LogP contribution >= 0.6 is 0 Å². The number of nitrogens with one attached hydrogen (secondary N) is 2. The quantitative estimate of drug-likeness (QED) is 0.753. The van der Waals surface area contributed by atoms with Crippen LogP contribution in [0.4, 0.5) is 4.79 Å². The predicted octanol–water partition coefficient (Wildman–Crippen LogP) is 1.83. The molecule has 1 fully saturated rings. The van der Waals surface area contributed by atoms with Crippen molar-refractivity contribution in [1.29, 1.82) is 0 Å². The zero-order valence-electron chi connectivity index (χ0n) is 14.1. The Labute approximate surface area is 138 Å². The average Bonchev–Trinajstić information content (AvgIpc) is 3.03. The second-order valence-corrected chi connectivity index (χ2v) is 6.21. The van der Waals surface area contributed by atoms with Gasteiger partial charge >= 0.3 is 6.03 Å². The Kier molecular flexibility index (Phi) is 6.67. The number of urea groups is 1. The minimum absolute atomic E-state index is 0.0326. The molecule has 0 aromatic carbocycles. The summed E-state index contributed by atoms with van der Waals surface area (Å²) in [7, 11) is 3.95. The highest BCUT2D eigenvalue weighted by Crippen LogP contribution is 2.17. The molecule has 1 aliphatic rings. The average molecular weight is 320 g/mol. The third-order valence-corrected chi connectivity index (χ3v) is 4.26. The summed E-state index contributed by atoms with van der Waals surface area (Å²) in [5.74, 6) is 0.855. The molecule has 0 spiro atoms. The lowest BCUT2D eigenvalue weighted by Gasteiger charge is -2.31. The molecular formula is C17H28N4O2. The van der Waals surface area contributed by atoms with Crippen LogP contribution in [0.5, 0.6) is 0 Å². The van der Waals surface area contributed by atoms with Crippen LogP contribution < -0.4 is 10.6 Å². The van der Waals surface area contributed by atoms with Crippen LogP contribution in [0.15, 0.2) is 35.5 Å². The Hall–Kier alpha value is -1.79. The number of hydrogen-bond acceptors (Lipinski definition) is 4. The summed E-state index contributed by atoms with van der Waals surface area (Å²) in [6, 6.07) is 3.97. The summed E-state index contributed by atoms with van der Waals surface area (Å²) in [4.78, 5) is 16.5. The number of piperidine rings is 1. The Morgan fingerprint density at radius 1 is 1.52 bits per heavy atom. The third kappa shape index (κ3) is 5.41. The summed E-state index contributed by atoms with van der Waals surface area (Å²) in [5, 5.41) is 6.02. The summed E-state index contributed by atoms with van der Waals surface area (Å²) in [6.45, 7) is 7.21. The molecular weight excluding hydrogens is 292 g/mol. The van der Waals surface area contributed by atoms with Gasteiger partial charge in [-0.15, -0.1) is 6.58 Å². The van der Waals surface area contributed by atoms with Crippen molar-refractivity contribution in [3.8, 4) is 0 Å². The lowest BCUT2D eigenvalue weighted by Crippen LogP contribution is -2.49. The molecule has 6 heteroatoms. The monoisotopic (exact) mass is 320 g/mol. The number of nitrogens with zero attached hydrogens (tertiary/aromatic N) is 2. The molecule has 1 saturated heterocycles. The van der Waals surface area contributed by atoms with E-state index in [9.17, 15) is 4.79 Å². The zero-order chi connectivity index (χ0) is 16.7. The maximum Gasteiger partial charge on any atom is 0.315 e. The normalized spacial score (nSPS) is 17.9. The van der Waals surface area contributed by atoms with E-state index in [4.69, 9.17) is 4.42 Å². The molecule has 128 valence electrons. The first-order valence-corrected chi connectivity index (χ1v) is 8.17. The second kappa shape index (κ2) is 8.74. The fourth-order valence-corrected chi connectivity index (χ4v) is 2.89. The van der Waals surface area contributed by atoms with Gasteiger partial charge < -0.3 is 15.1 Å². The van der Waals surface area contributed by atoms with Crippen molar-refractivity contribution in [2.24, 2.45) is 0 Å². The van der Waals surface area contributed by atoms with Gasteiger partial charge in [0.15, 0.2) is 0 Å². The van der Waals surface area contributed by atoms with Gasteiger partial charge in [-0.2, -0.15) is 0 Å². The Morgan fingerprint density at radius 2 is 2.26 bits per heavy atom. The molecule has 2 heterocycles. The van der Waals surface area contributed by atoms with Gasteiger partial charge in [0.05, 0.1) is 12.3 Å². The molecule has 2 amide bonds. The third-order valence-electron chi connectivity index (χ3n) is 4.26. The van der Waals surface area contributed by atoms with E-state index in [0.29, 0.717) is 6.54 Å². The lowest BCUT2D eigenvalue weighted by molar-refractivity contribution is 0.199. The fraction of sp³-hybridized carbons (Fsp3) is 0.588. The second-order valence-electron chi connectivity index (χ2n) is 6.21. The van der Waals surface area contributed by atoms with E-state index in [2.05, 4.69) is 22.1 Å². The van der Waals surface area contributed by atoms with Crippen LogP contribution in [0.3, 0.4) is 0 Å². The van der Waals surface area contributed by atoms with Crippen LogP contribution in [-0.2, 0) is 0 Å². The smallest absolute Gasteiger partial charge is 0.315 e. The van der Waals surface area contributed by atoms with Crippen molar-refractivity contribution >= 4 is 6.03 Å². The standard InChI is InChI=1S/C17H28N4O2/c1-4-9-21-10-7-14(8-11-21)19-17(22)18-13-15(20(2)3)16-6-5-12-23-16/h4-6,12,14-15H,1,7-11,13H2,2-3H3,(H2,18,19,22). The van der Waals surface area contributed by atoms with E-state index in [1.54, 1.807) is 6.26 Å². The predicted molar refractivity (Wildman–Crippen MR) is 91.3 cm³/mol. The lowest BCUT2D eigenvalue weighted by atomic mass is 10.1. The van der Waals surface area contributed by atoms with E-state index in [0.717, 1.165) is 38.2 Å². The highest BCUT2D eigenvalue weighted by atomic mass is 16.3. The minimum Gasteiger partial charge on any atom is -0.468 e. The first-order valence-electron chi connectivity index (χ1n) is 8.17. The zero-order valence-corrected chi connectivity index (χ0v) is 14.1. The molecule has 1 aromatic rings. The molecule has 1 atom stereocenters. The van der Waals surface area contributed by atoms with Crippen molar-refractivity contribution in [2.75, 3.05) is 40.3 Å². The maximum absolute atomic E-state index is 12.1. The minimum atomic E-state index is -0.106. The molecule has 0 saturated carbocycles. The van der Waals surface area contributed by atoms with E-state index in [-0.39, 0.29) is 18.1 Å². The van der Waals surface area contributed by atoms with Gasteiger partial charge in [0, 0.05) is 32.2 Å². The number of likely N-dealkylation sites (N-methyl/N-ethyl adjacent to an activating group) is 1. The molecule has 23 heavy (non-hydrogen) atoms. The molecule has 0 bridgehead atoms. The van der Waals surface area contributed by atoms with Gasteiger partial charge in [0.1, 0.15) is 5.76 Å². The van der Waals surface area contributed by atoms with E-state index in [1.165, 1.54) is 0 Å². The summed E-state index contributed by atoms with van der Waals surface area (Å²) in [5.41, 5.74) is 0. The number of likely N-dealkylation sites (tertiary alicyclic amines) is 1. The van der Waals surface area contributed by atoms with Gasteiger partial charge in [0.25, 0.3) is 0 Å². The van der Waals surface area contributed by atoms with Gasteiger partial charge in [-0.1, -0.05) is 6.08 Å². The summed E-state index contributed by atoms with van der Waals surface area (Å²) in [6.07, 6.45) is 5.55. The molecule has 1 aliphatic heterocycles. The number of carbonyl (C=O) groups excluding carboxylic acids is 1. The van der Waals surface area contributed by atoms with Crippen LogP contribution in [0.25, 0.3) is 0 Å².